The molecule has 0 aromatic rings. The largest absolute Gasteiger partial charge is 0.396 e. The molecule has 1 aliphatic rings. The molecule has 2 unspecified atom stereocenters. The fraction of sp³-hybridized carbons (Fsp3) is 0.857. The van der Waals surface area contributed by atoms with Gasteiger partial charge in [0.25, 0.3) is 0 Å². The van der Waals surface area contributed by atoms with E-state index in [2.05, 4.69) is 10.6 Å². The Morgan fingerprint density at radius 3 is 2.32 bits per heavy atom. The summed E-state index contributed by atoms with van der Waals surface area (Å²) < 4.78 is 0. The monoisotopic (exact) mass is 270 g/mol. The Bertz CT molecular complexity index is 301. The molecular weight excluding hydrogens is 244 g/mol. The van der Waals surface area contributed by atoms with Crippen molar-refractivity contribution in [1.82, 2.24) is 10.6 Å². The van der Waals surface area contributed by atoms with Gasteiger partial charge in [0, 0.05) is 31.5 Å². The second-order valence-electron chi connectivity index (χ2n) is 5.56. The van der Waals surface area contributed by atoms with Gasteiger partial charge >= 0.3 is 0 Å². The Hall–Kier alpha value is -1.10. The first kappa shape index (κ1) is 16.0. The molecule has 1 rings (SSSR count). The fourth-order valence-corrected chi connectivity index (χ4v) is 2.22. The average molecular weight is 270 g/mol. The summed E-state index contributed by atoms with van der Waals surface area (Å²) in [6, 6.07) is 0.235. The van der Waals surface area contributed by atoms with Crippen molar-refractivity contribution < 1.29 is 14.7 Å². The van der Waals surface area contributed by atoms with E-state index in [0.717, 1.165) is 12.8 Å². The zero-order chi connectivity index (χ0) is 14.3. The Balaban J connectivity index is 2.16. The zero-order valence-corrected chi connectivity index (χ0v) is 11.9. The van der Waals surface area contributed by atoms with Gasteiger partial charge in [-0.2, -0.15) is 0 Å². The Kier molecular flexibility index (Phi) is 6.84. The standard InChI is InChI=1S/C14H26N2O3/c1-10(9-17)11(2)15-13(18)7-8-14(19)16-12-5-3-4-6-12/h10-12,17H,3-9H2,1-2H3,(H,15,18)(H,16,19). The van der Waals surface area contributed by atoms with Crippen LogP contribution in [0.15, 0.2) is 0 Å². The molecule has 1 fully saturated rings. The Labute approximate surface area is 115 Å². The van der Waals surface area contributed by atoms with Crippen molar-refractivity contribution >= 4 is 11.8 Å². The highest BCUT2D eigenvalue weighted by Crippen LogP contribution is 2.17. The molecule has 0 heterocycles. The van der Waals surface area contributed by atoms with Crippen LogP contribution in [0.25, 0.3) is 0 Å². The van der Waals surface area contributed by atoms with Crippen molar-refractivity contribution in [3.63, 3.8) is 0 Å². The number of hydrogen-bond acceptors (Lipinski definition) is 3. The second-order valence-corrected chi connectivity index (χ2v) is 5.56. The van der Waals surface area contributed by atoms with Gasteiger partial charge in [0.2, 0.25) is 11.8 Å². The molecule has 5 nitrogen and oxygen atoms in total. The normalized spacial score (nSPS) is 18.9. The first-order chi connectivity index (χ1) is 9.02. The quantitative estimate of drug-likeness (QED) is 0.644. The summed E-state index contributed by atoms with van der Waals surface area (Å²) in [5.74, 6) is -0.143. The lowest BCUT2D eigenvalue weighted by atomic mass is 10.1. The van der Waals surface area contributed by atoms with Gasteiger partial charge in [0.15, 0.2) is 0 Å². The van der Waals surface area contributed by atoms with E-state index in [1.54, 1.807) is 0 Å². The fourth-order valence-electron chi connectivity index (χ4n) is 2.22. The summed E-state index contributed by atoms with van der Waals surface area (Å²) in [5, 5.41) is 14.7. The SMILES string of the molecule is CC(CO)C(C)NC(=O)CCC(=O)NC1CCCC1. The van der Waals surface area contributed by atoms with E-state index < -0.39 is 0 Å². The average Bonchev–Trinajstić information content (AvgIpc) is 2.88. The number of carbonyl (C=O) groups is 2. The van der Waals surface area contributed by atoms with Crippen molar-refractivity contribution in [1.29, 1.82) is 0 Å². The van der Waals surface area contributed by atoms with Crippen LogP contribution < -0.4 is 10.6 Å². The lowest BCUT2D eigenvalue weighted by Gasteiger charge is -2.19. The molecule has 0 spiro atoms. The zero-order valence-electron chi connectivity index (χ0n) is 11.9. The maximum atomic E-state index is 11.6. The predicted octanol–water partition coefficient (Wildman–Crippen LogP) is 0.958. The third-order valence-electron chi connectivity index (χ3n) is 3.83. The van der Waals surface area contributed by atoms with Crippen molar-refractivity contribution in [3.05, 3.63) is 0 Å². The number of rotatable bonds is 7. The lowest BCUT2D eigenvalue weighted by Crippen LogP contribution is -2.39. The van der Waals surface area contributed by atoms with Gasteiger partial charge < -0.3 is 15.7 Å². The first-order valence-corrected chi connectivity index (χ1v) is 7.22. The molecule has 1 aliphatic carbocycles. The van der Waals surface area contributed by atoms with E-state index in [9.17, 15) is 9.59 Å². The Morgan fingerprint density at radius 1 is 1.16 bits per heavy atom. The van der Waals surface area contributed by atoms with E-state index in [0.29, 0.717) is 6.04 Å². The highest BCUT2D eigenvalue weighted by atomic mass is 16.3. The van der Waals surface area contributed by atoms with Gasteiger partial charge in [-0.15, -0.1) is 0 Å². The second kappa shape index (κ2) is 8.15. The third-order valence-corrected chi connectivity index (χ3v) is 3.83. The summed E-state index contributed by atoms with van der Waals surface area (Å²) in [5.41, 5.74) is 0. The van der Waals surface area contributed by atoms with Gasteiger partial charge in [0.05, 0.1) is 0 Å². The van der Waals surface area contributed by atoms with Crippen LogP contribution in [-0.4, -0.2) is 35.6 Å². The van der Waals surface area contributed by atoms with Gasteiger partial charge in [-0.05, 0) is 25.7 Å². The van der Waals surface area contributed by atoms with E-state index in [4.69, 9.17) is 5.11 Å². The van der Waals surface area contributed by atoms with Crippen LogP contribution in [0.2, 0.25) is 0 Å². The van der Waals surface area contributed by atoms with Gasteiger partial charge in [-0.3, -0.25) is 9.59 Å². The Morgan fingerprint density at radius 2 is 1.74 bits per heavy atom. The molecule has 2 amide bonds. The molecule has 0 saturated heterocycles. The molecule has 0 aromatic carbocycles. The summed E-state index contributed by atoms with van der Waals surface area (Å²) in [4.78, 5) is 23.3. The van der Waals surface area contributed by atoms with Crippen molar-refractivity contribution in [2.45, 2.75) is 64.5 Å². The number of amides is 2. The van der Waals surface area contributed by atoms with Crippen LogP contribution in [-0.2, 0) is 9.59 Å². The number of aliphatic hydroxyl groups excluding tert-OH is 1. The molecular formula is C14H26N2O3. The van der Waals surface area contributed by atoms with E-state index in [-0.39, 0.29) is 43.2 Å². The van der Waals surface area contributed by atoms with Crippen molar-refractivity contribution in [2.24, 2.45) is 5.92 Å². The van der Waals surface area contributed by atoms with Crippen LogP contribution in [0.5, 0.6) is 0 Å². The third kappa shape index (κ3) is 6.05. The smallest absolute Gasteiger partial charge is 0.220 e. The van der Waals surface area contributed by atoms with Gasteiger partial charge in [-0.25, -0.2) is 0 Å². The molecule has 19 heavy (non-hydrogen) atoms. The first-order valence-electron chi connectivity index (χ1n) is 7.22. The van der Waals surface area contributed by atoms with E-state index in [1.165, 1.54) is 12.8 Å². The summed E-state index contributed by atoms with van der Waals surface area (Å²) in [6.07, 6.45) is 4.93. The van der Waals surface area contributed by atoms with Gasteiger partial charge in [0.1, 0.15) is 0 Å². The van der Waals surface area contributed by atoms with Crippen LogP contribution in [0, 0.1) is 5.92 Å². The predicted molar refractivity (Wildman–Crippen MR) is 73.5 cm³/mol. The van der Waals surface area contributed by atoms with Gasteiger partial charge in [-0.1, -0.05) is 19.8 Å². The summed E-state index contributed by atoms with van der Waals surface area (Å²) in [7, 11) is 0. The van der Waals surface area contributed by atoms with E-state index >= 15 is 0 Å². The van der Waals surface area contributed by atoms with Crippen LogP contribution in [0.3, 0.4) is 0 Å². The minimum Gasteiger partial charge on any atom is -0.396 e. The molecule has 110 valence electrons. The molecule has 0 aliphatic heterocycles. The lowest BCUT2D eigenvalue weighted by molar-refractivity contribution is -0.127. The highest BCUT2D eigenvalue weighted by Gasteiger charge is 2.18. The highest BCUT2D eigenvalue weighted by molar-refractivity contribution is 5.83. The molecule has 2 atom stereocenters. The number of carbonyl (C=O) groups excluding carboxylic acids is 2. The molecule has 5 heteroatoms. The minimum absolute atomic E-state index is 0.0243. The molecule has 1 saturated carbocycles. The van der Waals surface area contributed by atoms with Crippen LogP contribution >= 0.6 is 0 Å². The number of aliphatic hydroxyl groups is 1. The summed E-state index contributed by atoms with van der Waals surface area (Å²) >= 11 is 0. The van der Waals surface area contributed by atoms with E-state index in [1.807, 2.05) is 13.8 Å². The van der Waals surface area contributed by atoms with Crippen molar-refractivity contribution in [3.8, 4) is 0 Å². The maximum absolute atomic E-state index is 11.6. The number of nitrogens with one attached hydrogen (secondary N) is 2. The van der Waals surface area contributed by atoms with Crippen LogP contribution in [0.4, 0.5) is 0 Å². The topological polar surface area (TPSA) is 78.4 Å². The summed E-state index contributed by atoms with van der Waals surface area (Å²) in [6.45, 7) is 3.78. The maximum Gasteiger partial charge on any atom is 0.220 e. The van der Waals surface area contributed by atoms with Crippen LogP contribution in [0.1, 0.15) is 52.4 Å². The molecule has 3 N–H and O–H groups in total. The van der Waals surface area contributed by atoms with Crippen molar-refractivity contribution in [2.75, 3.05) is 6.61 Å². The molecule has 0 radical (unpaired) electrons. The number of hydrogen-bond donors (Lipinski definition) is 3. The molecule has 0 aromatic heterocycles. The minimum atomic E-state index is -0.130. The molecule has 0 bridgehead atoms.